The number of rotatable bonds is 2. The first-order valence-electron chi connectivity index (χ1n) is 6.80. The van der Waals surface area contributed by atoms with E-state index in [2.05, 4.69) is 10.3 Å². The molecule has 120 valence electrons. The number of fused-ring (bicyclic) bond motifs is 1. The third-order valence-electron chi connectivity index (χ3n) is 4.13. The van der Waals surface area contributed by atoms with Gasteiger partial charge in [0.15, 0.2) is 0 Å². The Hall–Kier alpha value is -2.57. The third kappa shape index (κ3) is 2.23. The van der Waals surface area contributed by atoms with Gasteiger partial charge in [-0.1, -0.05) is 6.07 Å². The van der Waals surface area contributed by atoms with Crippen molar-refractivity contribution in [3.8, 4) is 5.75 Å². The molecule has 1 N–H and O–H groups in total. The average Bonchev–Trinajstić information content (AvgIpc) is 2.78. The number of halogens is 3. The molecule has 0 spiro atoms. The van der Waals surface area contributed by atoms with Gasteiger partial charge >= 0.3 is 6.18 Å². The van der Waals surface area contributed by atoms with E-state index in [1.165, 1.54) is 25.6 Å². The number of amides is 1. The molecule has 1 aliphatic heterocycles. The number of carbonyl (C=O) groups is 1. The van der Waals surface area contributed by atoms with Gasteiger partial charge < -0.3 is 10.1 Å². The predicted molar refractivity (Wildman–Crippen MR) is 77.3 cm³/mol. The zero-order valence-corrected chi connectivity index (χ0v) is 12.4. The lowest BCUT2D eigenvalue weighted by molar-refractivity contribution is -0.137. The molecule has 1 atom stereocenters. The molecule has 7 heteroatoms. The Labute approximate surface area is 130 Å². The maximum atomic E-state index is 12.8. The summed E-state index contributed by atoms with van der Waals surface area (Å²) >= 11 is 0. The van der Waals surface area contributed by atoms with Gasteiger partial charge in [-0.3, -0.25) is 9.78 Å². The van der Waals surface area contributed by atoms with Gasteiger partial charge in [0.05, 0.1) is 18.9 Å². The number of nitrogens with one attached hydrogen (secondary N) is 1. The first-order valence-corrected chi connectivity index (χ1v) is 6.80. The Morgan fingerprint density at radius 3 is 2.61 bits per heavy atom. The highest BCUT2D eigenvalue weighted by Gasteiger charge is 2.46. The Morgan fingerprint density at radius 2 is 1.96 bits per heavy atom. The number of pyridine rings is 1. The van der Waals surface area contributed by atoms with Gasteiger partial charge in [0, 0.05) is 17.4 Å². The van der Waals surface area contributed by atoms with E-state index in [4.69, 9.17) is 4.74 Å². The largest absolute Gasteiger partial charge is 0.495 e. The fraction of sp³-hybridized carbons (Fsp3) is 0.250. The molecule has 0 saturated carbocycles. The zero-order valence-electron chi connectivity index (χ0n) is 12.4. The lowest BCUT2D eigenvalue weighted by Gasteiger charge is -2.24. The molecule has 0 unspecified atom stereocenters. The number of hydrogen-bond donors (Lipinski definition) is 1. The molecule has 2 heterocycles. The quantitative estimate of drug-likeness (QED) is 0.922. The molecule has 23 heavy (non-hydrogen) atoms. The van der Waals surface area contributed by atoms with Crippen molar-refractivity contribution in [2.45, 2.75) is 18.5 Å². The molecule has 0 fully saturated rings. The van der Waals surface area contributed by atoms with E-state index in [9.17, 15) is 18.0 Å². The van der Waals surface area contributed by atoms with Crippen LogP contribution in [0.5, 0.6) is 5.75 Å². The summed E-state index contributed by atoms with van der Waals surface area (Å²) in [5, 5.41) is 2.54. The Balaban J connectivity index is 2.19. The molecule has 0 bridgehead atoms. The monoisotopic (exact) mass is 322 g/mol. The molecule has 3 rings (SSSR count). The van der Waals surface area contributed by atoms with Gasteiger partial charge in [0.2, 0.25) is 5.91 Å². The molecular weight excluding hydrogens is 309 g/mol. The Kier molecular flexibility index (Phi) is 3.31. The number of alkyl halides is 3. The van der Waals surface area contributed by atoms with Gasteiger partial charge in [-0.05, 0) is 30.7 Å². The highest BCUT2D eigenvalue weighted by molar-refractivity contribution is 6.08. The van der Waals surface area contributed by atoms with E-state index in [-0.39, 0.29) is 5.69 Å². The normalized spacial score (nSPS) is 20.1. The Morgan fingerprint density at radius 1 is 1.22 bits per heavy atom. The lowest BCUT2D eigenvalue weighted by atomic mass is 9.77. The second-order valence-corrected chi connectivity index (χ2v) is 5.41. The van der Waals surface area contributed by atoms with Crippen LogP contribution in [0.4, 0.5) is 18.9 Å². The van der Waals surface area contributed by atoms with Crippen molar-refractivity contribution < 1.29 is 22.7 Å². The van der Waals surface area contributed by atoms with Crippen LogP contribution in [0, 0.1) is 0 Å². The van der Waals surface area contributed by atoms with E-state index < -0.39 is 23.1 Å². The van der Waals surface area contributed by atoms with Crippen LogP contribution < -0.4 is 10.1 Å². The van der Waals surface area contributed by atoms with Crippen LogP contribution >= 0.6 is 0 Å². The third-order valence-corrected chi connectivity index (χ3v) is 4.13. The minimum absolute atomic E-state index is 0.159. The fourth-order valence-corrected chi connectivity index (χ4v) is 2.85. The van der Waals surface area contributed by atoms with Gasteiger partial charge in [-0.15, -0.1) is 0 Å². The number of benzene rings is 1. The number of nitrogens with zero attached hydrogens (tertiary/aromatic N) is 1. The smallest absolute Gasteiger partial charge is 0.416 e. The maximum Gasteiger partial charge on any atom is 0.416 e. The van der Waals surface area contributed by atoms with Crippen molar-refractivity contribution in [2.75, 3.05) is 12.4 Å². The highest BCUT2D eigenvalue weighted by Crippen LogP contribution is 2.46. The van der Waals surface area contributed by atoms with Gasteiger partial charge in [0.25, 0.3) is 0 Å². The molecule has 1 amide bonds. The minimum Gasteiger partial charge on any atom is -0.495 e. The summed E-state index contributed by atoms with van der Waals surface area (Å²) in [6, 6.07) is 4.89. The Bertz CT molecular complexity index is 789. The summed E-state index contributed by atoms with van der Waals surface area (Å²) in [7, 11) is 1.45. The van der Waals surface area contributed by atoms with E-state index in [0.717, 1.165) is 12.1 Å². The van der Waals surface area contributed by atoms with Gasteiger partial charge in [-0.2, -0.15) is 13.2 Å². The number of anilines is 1. The van der Waals surface area contributed by atoms with Crippen molar-refractivity contribution in [3.63, 3.8) is 0 Å². The van der Waals surface area contributed by atoms with Crippen LogP contribution in [0.3, 0.4) is 0 Å². The second kappa shape index (κ2) is 4.97. The summed E-state index contributed by atoms with van der Waals surface area (Å²) < 4.78 is 43.8. The lowest BCUT2D eigenvalue weighted by Crippen LogP contribution is -2.32. The average molecular weight is 322 g/mol. The van der Waals surface area contributed by atoms with Gasteiger partial charge in [0.1, 0.15) is 11.2 Å². The van der Waals surface area contributed by atoms with Crippen LogP contribution in [-0.2, 0) is 16.4 Å². The number of hydrogen-bond acceptors (Lipinski definition) is 3. The van der Waals surface area contributed by atoms with Crippen molar-refractivity contribution in [1.29, 1.82) is 0 Å². The van der Waals surface area contributed by atoms with E-state index in [1.807, 2.05) is 0 Å². The van der Waals surface area contributed by atoms with Crippen molar-refractivity contribution in [3.05, 3.63) is 53.3 Å². The summed E-state index contributed by atoms with van der Waals surface area (Å²) in [5.74, 6) is -0.00535. The SMILES string of the molecule is COc1cnccc1[C@]1(C)C(=O)Nc2cc(C(F)(F)F)ccc21. The summed E-state index contributed by atoms with van der Waals surface area (Å²) in [4.78, 5) is 16.5. The van der Waals surface area contributed by atoms with Gasteiger partial charge in [-0.25, -0.2) is 0 Å². The number of carbonyl (C=O) groups excluding carboxylic acids is 1. The first kappa shape index (κ1) is 15.3. The summed E-state index contributed by atoms with van der Waals surface area (Å²) in [5.41, 5.74) is -0.770. The summed E-state index contributed by atoms with van der Waals surface area (Å²) in [6.07, 6.45) is -1.48. The number of aromatic nitrogens is 1. The van der Waals surface area contributed by atoms with Crippen LogP contribution in [0.1, 0.15) is 23.6 Å². The predicted octanol–water partition coefficient (Wildman–Crippen LogP) is 3.37. The minimum atomic E-state index is -4.47. The van der Waals surface area contributed by atoms with Crippen LogP contribution in [0.15, 0.2) is 36.7 Å². The molecular formula is C16H13F3N2O2. The standard InChI is InChI=1S/C16H13F3N2O2/c1-15(11-5-6-20-8-13(11)23-2)10-4-3-9(16(17,18)19)7-12(10)21-14(15)22/h3-8H,1-2H3,(H,21,22)/t15-/m1/s1. The zero-order chi connectivity index (χ0) is 16.8. The molecule has 0 saturated heterocycles. The van der Waals surface area contributed by atoms with Crippen molar-refractivity contribution in [2.24, 2.45) is 0 Å². The molecule has 2 aromatic rings. The molecule has 4 nitrogen and oxygen atoms in total. The summed E-state index contributed by atoms with van der Waals surface area (Å²) in [6.45, 7) is 1.65. The van der Waals surface area contributed by atoms with E-state index >= 15 is 0 Å². The molecule has 1 aromatic heterocycles. The molecule has 0 radical (unpaired) electrons. The van der Waals surface area contributed by atoms with Crippen molar-refractivity contribution >= 4 is 11.6 Å². The highest BCUT2D eigenvalue weighted by atomic mass is 19.4. The molecule has 0 aliphatic carbocycles. The van der Waals surface area contributed by atoms with E-state index in [0.29, 0.717) is 16.9 Å². The van der Waals surface area contributed by atoms with Crippen LogP contribution in [0.25, 0.3) is 0 Å². The second-order valence-electron chi connectivity index (χ2n) is 5.41. The fourth-order valence-electron chi connectivity index (χ4n) is 2.85. The maximum absolute atomic E-state index is 12.8. The number of ether oxygens (including phenoxy) is 1. The molecule has 1 aromatic carbocycles. The first-order chi connectivity index (χ1) is 10.8. The van der Waals surface area contributed by atoms with Crippen LogP contribution in [0.2, 0.25) is 0 Å². The topological polar surface area (TPSA) is 51.2 Å². The van der Waals surface area contributed by atoms with Crippen LogP contribution in [-0.4, -0.2) is 18.0 Å². The van der Waals surface area contributed by atoms with Crippen molar-refractivity contribution in [1.82, 2.24) is 4.98 Å². The molecule has 1 aliphatic rings. The number of methoxy groups -OCH3 is 1. The van der Waals surface area contributed by atoms with E-state index in [1.54, 1.807) is 13.0 Å².